The van der Waals surface area contributed by atoms with Crippen molar-refractivity contribution in [3.8, 4) is 0 Å². The average Bonchev–Trinajstić information content (AvgIpc) is 2.05. The number of hydrogen-bond donors (Lipinski definition) is 0. The van der Waals surface area contributed by atoms with Gasteiger partial charge in [0.25, 0.3) is 0 Å². The third kappa shape index (κ3) is 7.76. The first-order valence-corrected chi connectivity index (χ1v) is 5.30. The molecule has 0 fully saturated rings. The van der Waals surface area contributed by atoms with E-state index in [0.29, 0.717) is 12.3 Å². The van der Waals surface area contributed by atoms with Crippen LogP contribution in [0.4, 0.5) is 0 Å². The van der Waals surface area contributed by atoms with Gasteiger partial charge in [0.15, 0.2) is 0 Å². The number of allylic oxidation sites excluding steroid dienone is 2. The van der Waals surface area contributed by atoms with Crippen molar-refractivity contribution in [2.24, 2.45) is 5.92 Å². The number of rotatable bonds is 7. The normalized spacial score (nSPS) is 14.2. The van der Waals surface area contributed by atoms with Crippen molar-refractivity contribution in [2.45, 2.75) is 52.9 Å². The zero-order chi connectivity index (χ0) is 10.1. The Kier molecular flexibility index (Phi) is 7.66. The molecule has 0 aromatic carbocycles. The van der Waals surface area contributed by atoms with Crippen LogP contribution in [0.5, 0.6) is 0 Å². The fourth-order valence-corrected chi connectivity index (χ4v) is 1.39. The summed E-state index contributed by atoms with van der Waals surface area (Å²) in [5, 5.41) is 0. The highest BCUT2D eigenvalue weighted by Crippen LogP contribution is 2.11. The maximum absolute atomic E-state index is 10.2. The van der Waals surface area contributed by atoms with Crippen molar-refractivity contribution >= 4 is 6.29 Å². The lowest BCUT2D eigenvalue weighted by Crippen LogP contribution is -1.94. The van der Waals surface area contributed by atoms with Crippen LogP contribution in [0.25, 0.3) is 0 Å². The molecule has 0 aromatic heterocycles. The first kappa shape index (κ1) is 12.4. The Morgan fingerprint density at radius 1 is 1.46 bits per heavy atom. The summed E-state index contributed by atoms with van der Waals surface area (Å²) >= 11 is 0. The van der Waals surface area contributed by atoms with Crippen LogP contribution in [0.15, 0.2) is 11.6 Å². The molecule has 1 heteroatoms. The Balaban J connectivity index is 3.52. The second kappa shape index (κ2) is 8.03. The van der Waals surface area contributed by atoms with E-state index in [1.165, 1.54) is 18.4 Å². The van der Waals surface area contributed by atoms with Crippen molar-refractivity contribution < 1.29 is 4.79 Å². The van der Waals surface area contributed by atoms with Crippen molar-refractivity contribution in [1.82, 2.24) is 0 Å². The number of aldehydes is 1. The zero-order valence-electron chi connectivity index (χ0n) is 9.18. The molecule has 0 spiro atoms. The van der Waals surface area contributed by atoms with E-state index in [1.54, 1.807) is 0 Å². The van der Waals surface area contributed by atoms with E-state index in [0.717, 1.165) is 19.1 Å². The molecule has 1 nitrogen and oxygen atoms in total. The van der Waals surface area contributed by atoms with E-state index in [-0.39, 0.29) is 0 Å². The van der Waals surface area contributed by atoms with Crippen molar-refractivity contribution in [1.29, 1.82) is 0 Å². The highest BCUT2D eigenvalue weighted by Gasteiger charge is 1.98. The maximum Gasteiger partial charge on any atom is 0.120 e. The topological polar surface area (TPSA) is 17.1 Å². The molecule has 1 atom stereocenters. The molecule has 13 heavy (non-hydrogen) atoms. The van der Waals surface area contributed by atoms with Crippen molar-refractivity contribution in [3.05, 3.63) is 11.6 Å². The van der Waals surface area contributed by atoms with E-state index in [4.69, 9.17) is 0 Å². The van der Waals surface area contributed by atoms with E-state index in [1.807, 2.05) is 0 Å². The predicted molar refractivity (Wildman–Crippen MR) is 57.7 cm³/mol. The molecule has 1 unspecified atom stereocenters. The number of hydrogen-bond acceptors (Lipinski definition) is 1. The second-order valence-electron chi connectivity index (χ2n) is 3.89. The number of carbonyl (C=O) groups excluding carboxylic acids is 1. The van der Waals surface area contributed by atoms with Crippen LogP contribution in [0.2, 0.25) is 0 Å². The van der Waals surface area contributed by atoms with Gasteiger partial charge in [0.1, 0.15) is 6.29 Å². The Hall–Kier alpha value is -0.590. The van der Waals surface area contributed by atoms with Gasteiger partial charge < -0.3 is 4.79 Å². The van der Waals surface area contributed by atoms with Crippen LogP contribution in [-0.2, 0) is 4.79 Å². The Labute approximate surface area is 82.2 Å². The van der Waals surface area contributed by atoms with Gasteiger partial charge in [0, 0.05) is 6.42 Å². The van der Waals surface area contributed by atoms with E-state index >= 15 is 0 Å². The molecule has 0 rings (SSSR count). The van der Waals surface area contributed by atoms with Gasteiger partial charge in [0.05, 0.1) is 0 Å². The third-order valence-corrected chi connectivity index (χ3v) is 2.30. The van der Waals surface area contributed by atoms with Crippen LogP contribution >= 0.6 is 0 Å². The molecule has 0 aliphatic rings. The second-order valence-corrected chi connectivity index (χ2v) is 3.89. The van der Waals surface area contributed by atoms with E-state index in [9.17, 15) is 4.79 Å². The Morgan fingerprint density at radius 3 is 2.69 bits per heavy atom. The monoisotopic (exact) mass is 182 g/mol. The fraction of sp³-hybridized carbons (Fsp3) is 0.750. The molecule has 0 N–H and O–H groups in total. The summed E-state index contributed by atoms with van der Waals surface area (Å²) in [6.45, 7) is 6.53. The lowest BCUT2D eigenvalue weighted by atomic mass is 10.0. The maximum atomic E-state index is 10.2. The van der Waals surface area contributed by atoms with Crippen molar-refractivity contribution in [2.75, 3.05) is 0 Å². The first-order valence-electron chi connectivity index (χ1n) is 5.30. The fourth-order valence-electron chi connectivity index (χ4n) is 1.39. The molecule has 0 saturated carbocycles. The zero-order valence-corrected chi connectivity index (χ0v) is 9.18. The van der Waals surface area contributed by atoms with Crippen LogP contribution in [0, 0.1) is 5.92 Å². The molecule has 0 aromatic rings. The van der Waals surface area contributed by atoms with Crippen molar-refractivity contribution in [3.63, 3.8) is 0 Å². The van der Waals surface area contributed by atoms with Gasteiger partial charge >= 0.3 is 0 Å². The summed E-state index contributed by atoms with van der Waals surface area (Å²) in [6.07, 6.45) is 8.74. The standard InChI is InChI=1S/C12H22O/c1-4-6-11(2)7-5-8-12(3)9-10-13/h7,10,12H,4-6,8-9H2,1-3H3. The van der Waals surface area contributed by atoms with Gasteiger partial charge in [-0.05, 0) is 32.1 Å². The number of carbonyl (C=O) groups is 1. The minimum atomic E-state index is 0.545. The predicted octanol–water partition coefficient (Wildman–Crippen LogP) is 3.74. The molecule has 0 aliphatic carbocycles. The average molecular weight is 182 g/mol. The molecule has 0 bridgehead atoms. The van der Waals surface area contributed by atoms with Crippen LogP contribution in [0.1, 0.15) is 52.9 Å². The van der Waals surface area contributed by atoms with E-state index in [2.05, 4.69) is 26.8 Å². The summed E-state index contributed by atoms with van der Waals surface area (Å²) in [5.41, 5.74) is 1.49. The third-order valence-electron chi connectivity index (χ3n) is 2.30. The highest BCUT2D eigenvalue weighted by molar-refractivity contribution is 5.49. The minimum Gasteiger partial charge on any atom is -0.303 e. The van der Waals surface area contributed by atoms with Gasteiger partial charge in [0.2, 0.25) is 0 Å². The molecule has 76 valence electrons. The molecule has 0 aliphatic heterocycles. The SMILES string of the molecule is CCCC(C)=CCCC(C)CC=O. The molecular weight excluding hydrogens is 160 g/mol. The minimum absolute atomic E-state index is 0.545. The van der Waals surface area contributed by atoms with Crippen LogP contribution in [0.3, 0.4) is 0 Å². The summed E-state index contributed by atoms with van der Waals surface area (Å²) in [4.78, 5) is 10.2. The highest BCUT2D eigenvalue weighted by atomic mass is 16.1. The van der Waals surface area contributed by atoms with Crippen LogP contribution < -0.4 is 0 Å². The summed E-state index contributed by atoms with van der Waals surface area (Å²) in [6, 6.07) is 0. The summed E-state index contributed by atoms with van der Waals surface area (Å²) in [7, 11) is 0. The van der Waals surface area contributed by atoms with Gasteiger partial charge in [-0.1, -0.05) is 31.9 Å². The quantitative estimate of drug-likeness (QED) is 0.433. The molecular formula is C12H22O. The molecule has 0 heterocycles. The van der Waals surface area contributed by atoms with Gasteiger partial charge in [-0.3, -0.25) is 0 Å². The Bertz CT molecular complexity index is 159. The van der Waals surface area contributed by atoms with E-state index < -0.39 is 0 Å². The summed E-state index contributed by atoms with van der Waals surface area (Å²) < 4.78 is 0. The molecule has 0 amide bonds. The van der Waals surface area contributed by atoms with Crippen LogP contribution in [-0.4, -0.2) is 6.29 Å². The lowest BCUT2D eigenvalue weighted by Gasteiger charge is -2.04. The lowest BCUT2D eigenvalue weighted by molar-refractivity contribution is -0.108. The molecule has 0 radical (unpaired) electrons. The Morgan fingerprint density at radius 2 is 2.15 bits per heavy atom. The first-order chi connectivity index (χ1) is 6.20. The van der Waals surface area contributed by atoms with Gasteiger partial charge in [-0.25, -0.2) is 0 Å². The van der Waals surface area contributed by atoms with Gasteiger partial charge in [-0.2, -0.15) is 0 Å². The summed E-state index contributed by atoms with van der Waals surface area (Å²) in [5.74, 6) is 0.545. The van der Waals surface area contributed by atoms with Gasteiger partial charge in [-0.15, -0.1) is 0 Å². The largest absolute Gasteiger partial charge is 0.303 e. The smallest absolute Gasteiger partial charge is 0.120 e. The molecule has 0 saturated heterocycles.